The molecule has 176 valence electrons. The summed E-state index contributed by atoms with van der Waals surface area (Å²) >= 11 is 8.16. The maximum atomic E-state index is 10.4. The first-order valence-corrected chi connectivity index (χ1v) is 13.0. The van der Waals surface area contributed by atoms with E-state index in [9.17, 15) is 5.11 Å². The van der Waals surface area contributed by atoms with Gasteiger partial charge in [-0.1, -0.05) is 30.6 Å². The molecule has 0 saturated carbocycles. The van der Waals surface area contributed by atoms with E-state index in [1.165, 1.54) is 5.56 Å². The van der Waals surface area contributed by atoms with E-state index < -0.39 is 6.10 Å². The van der Waals surface area contributed by atoms with Gasteiger partial charge in [0.2, 0.25) is 0 Å². The van der Waals surface area contributed by atoms with Gasteiger partial charge >= 0.3 is 0 Å². The third kappa shape index (κ3) is 3.62. The molecule has 5 heterocycles. The van der Waals surface area contributed by atoms with Crippen molar-refractivity contribution < 1.29 is 14.4 Å². The summed E-state index contributed by atoms with van der Waals surface area (Å²) in [6.07, 6.45) is 3.35. The number of hydrogen-bond acceptors (Lipinski definition) is 7. The molecule has 4 aromatic rings. The number of ether oxygens (including phenoxy) is 1. The van der Waals surface area contributed by atoms with Crippen LogP contribution in [0.25, 0.3) is 21.3 Å². The predicted octanol–water partition coefficient (Wildman–Crippen LogP) is 6.10. The van der Waals surface area contributed by atoms with Crippen LogP contribution in [0.3, 0.4) is 0 Å². The molecule has 0 fully saturated rings. The first-order valence-electron chi connectivity index (χ1n) is 11.8. The van der Waals surface area contributed by atoms with Crippen molar-refractivity contribution >= 4 is 33.2 Å². The van der Waals surface area contributed by atoms with E-state index in [0.29, 0.717) is 17.9 Å². The second-order valence-electron chi connectivity index (χ2n) is 8.99. The first kappa shape index (κ1) is 22.0. The number of benzene rings is 1. The molecule has 0 spiro atoms. The molecule has 1 aromatic carbocycles. The third-order valence-corrected chi connectivity index (χ3v) is 8.40. The molecule has 0 bridgehead atoms. The highest BCUT2D eigenvalue weighted by Crippen LogP contribution is 2.48. The van der Waals surface area contributed by atoms with Crippen LogP contribution >= 0.6 is 22.9 Å². The van der Waals surface area contributed by atoms with E-state index in [4.69, 9.17) is 20.9 Å². The second-order valence-corrected chi connectivity index (χ2v) is 10.5. The van der Waals surface area contributed by atoms with Gasteiger partial charge in [0, 0.05) is 64.3 Å². The number of pyridine rings is 1. The van der Waals surface area contributed by atoms with E-state index in [-0.39, 0.29) is 6.10 Å². The van der Waals surface area contributed by atoms with E-state index in [2.05, 4.69) is 22.0 Å². The fraction of sp³-hybridized carbons (Fsp3) is 0.385. The maximum Gasteiger partial charge on any atom is 0.182 e. The first-order chi connectivity index (χ1) is 16.6. The largest absolute Gasteiger partial charge is 0.481 e. The summed E-state index contributed by atoms with van der Waals surface area (Å²) in [4.78, 5) is 7.86. The smallest absolute Gasteiger partial charge is 0.182 e. The van der Waals surface area contributed by atoms with Crippen LogP contribution in [-0.2, 0) is 19.4 Å². The fourth-order valence-electron chi connectivity index (χ4n) is 5.02. The zero-order chi connectivity index (χ0) is 23.4. The normalized spacial score (nSPS) is 18.6. The van der Waals surface area contributed by atoms with Crippen molar-refractivity contribution in [2.75, 3.05) is 13.1 Å². The molecule has 8 heteroatoms. The number of likely N-dealkylation sites (N-methyl/N-ethyl adjacent to an activating group) is 1. The van der Waals surface area contributed by atoms with Crippen LogP contribution in [0.4, 0.5) is 0 Å². The molecular formula is C26H26ClN3O3S. The zero-order valence-electron chi connectivity index (χ0n) is 19.2. The summed E-state index contributed by atoms with van der Waals surface area (Å²) in [5.74, 6) is 1.66. The minimum atomic E-state index is -0.488. The Bertz CT molecular complexity index is 1380. The lowest BCUT2D eigenvalue weighted by atomic mass is 9.98. The summed E-state index contributed by atoms with van der Waals surface area (Å²) in [6.45, 7) is 7.01. The maximum absolute atomic E-state index is 10.4. The molecule has 2 aliphatic rings. The Morgan fingerprint density at radius 2 is 2.15 bits per heavy atom. The van der Waals surface area contributed by atoms with Gasteiger partial charge in [-0.05, 0) is 37.2 Å². The Hall–Kier alpha value is -2.45. The zero-order valence-corrected chi connectivity index (χ0v) is 20.7. The van der Waals surface area contributed by atoms with Crippen molar-refractivity contribution in [3.8, 4) is 16.9 Å². The number of thiophene rings is 1. The number of hydrogen-bond donors (Lipinski definition) is 1. The van der Waals surface area contributed by atoms with Gasteiger partial charge in [-0.3, -0.25) is 9.88 Å². The number of fused-ring (bicyclic) bond motifs is 3. The third-order valence-electron chi connectivity index (χ3n) is 6.92. The molecule has 3 aromatic heterocycles. The minimum Gasteiger partial charge on any atom is -0.481 e. The lowest BCUT2D eigenvalue weighted by Gasteiger charge is -2.25. The molecule has 1 N–H and O–H groups in total. The van der Waals surface area contributed by atoms with Crippen molar-refractivity contribution in [1.29, 1.82) is 0 Å². The van der Waals surface area contributed by atoms with Gasteiger partial charge < -0.3 is 14.4 Å². The Labute approximate surface area is 207 Å². The van der Waals surface area contributed by atoms with Gasteiger partial charge in [0.15, 0.2) is 11.9 Å². The standard InChI is InChI=1S/C26H26ClN3O3S/c1-3-21(31)23-12-20-26(34-23)16(5-7-28-20)17-11-15(27)9-14-10-22(32-24(14)17)25-18-13-30(4-2)8-6-19(18)29-33-25/h5,7,9,11-12,21-22,31H,3-4,6,8,10,13H2,1-2H3. The molecular weight excluding hydrogens is 470 g/mol. The number of rotatable bonds is 5. The molecule has 0 amide bonds. The van der Waals surface area contributed by atoms with Crippen molar-refractivity contribution in [3.05, 3.63) is 62.9 Å². The van der Waals surface area contributed by atoms with Crippen molar-refractivity contribution in [2.24, 2.45) is 0 Å². The van der Waals surface area contributed by atoms with Crippen molar-refractivity contribution in [1.82, 2.24) is 15.0 Å². The summed E-state index contributed by atoms with van der Waals surface area (Å²) in [6, 6.07) is 7.92. The SMILES string of the molecule is CCC(O)c1cc2nccc(-c3cc(Cl)cc4c3OC(c3onc5c3CN(CC)CC5)C4)c2s1. The van der Waals surface area contributed by atoms with E-state index >= 15 is 0 Å². The number of aliphatic hydroxyl groups excluding tert-OH is 1. The van der Waals surface area contributed by atoms with Gasteiger partial charge in [0.25, 0.3) is 0 Å². The molecule has 2 aliphatic heterocycles. The van der Waals surface area contributed by atoms with Gasteiger partial charge in [-0.2, -0.15) is 0 Å². The van der Waals surface area contributed by atoms with Crippen LogP contribution in [0.1, 0.15) is 59.9 Å². The van der Waals surface area contributed by atoms with Crippen LogP contribution in [0, 0.1) is 0 Å². The van der Waals surface area contributed by atoms with Gasteiger partial charge in [-0.25, -0.2) is 0 Å². The topological polar surface area (TPSA) is 71.6 Å². The van der Waals surface area contributed by atoms with Crippen molar-refractivity contribution in [3.63, 3.8) is 0 Å². The van der Waals surface area contributed by atoms with Gasteiger partial charge in [0.1, 0.15) is 5.75 Å². The molecule has 0 aliphatic carbocycles. The Kier molecular flexibility index (Phi) is 5.60. The number of aromatic nitrogens is 2. The molecule has 2 unspecified atom stereocenters. The molecule has 6 rings (SSSR count). The Balaban J connectivity index is 1.41. The second kappa shape index (κ2) is 8.64. The van der Waals surface area contributed by atoms with Gasteiger partial charge in [-0.15, -0.1) is 11.3 Å². The highest BCUT2D eigenvalue weighted by molar-refractivity contribution is 7.19. The van der Waals surface area contributed by atoms with Crippen LogP contribution in [0.15, 0.2) is 35.0 Å². The van der Waals surface area contributed by atoms with Crippen LogP contribution in [0.2, 0.25) is 5.02 Å². The Morgan fingerprint density at radius 1 is 1.26 bits per heavy atom. The summed E-state index contributed by atoms with van der Waals surface area (Å²) in [5.41, 5.74) is 6.12. The molecule has 34 heavy (non-hydrogen) atoms. The van der Waals surface area contributed by atoms with E-state index in [1.807, 2.05) is 31.2 Å². The number of aliphatic hydroxyl groups is 1. The number of halogens is 1. The lowest BCUT2D eigenvalue weighted by Crippen LogP contribution is -2.30. The van der Waals surface area contributed by atoms with E-state index in [1.54, 1.807) is 17.5 Å². The van der Waals surface area contributed by atoms with Crippen molar-refractivity contribution in [2.45, 2.75) is 51.9 Å². The molecule has 0 radical (unpaired) electrons. The summed E-state index contributed by atoms with van der Waals surface area (Å²) in [5, 5.41) is 15.4. The predicted molar refractivity (Wildman–Crippen MR) is 134 cm³/mol. The Morgan fingerprint density at radius 3 is 2.97 bits per heavy atom. The number of nitrogens with zero attached hydrogens (tertiary/aromatic N) is 3. The quantitative estimate of drug-likeness (QED) is 0.360. The van der Waals surface area contributed by atoms with Crippen LogP contribution in [0.5, 0.6) is 5.75 Å². The van der Waals surface area contributed by atoms with Crippen LogP contribution < -0.4 is 4.74 Å². The lowest BCUT2D eigenvalue weighted by molar-refractivity contribution is 0.177. The van der Waals surface area contributed by atoms with E-state index in [0.717, 1.165) is 75.0 Å². The average molecular weight is 496 g/mol. The highest BCUT2D eigenvalue weighted by atomic mass is 35.5. The summed E-state index contributed by atoms with van der Waals surface area (Å²) < 4.78 is 13.4. The average Bonchev–Trinajstić information content (AvgIpc) is 3.58. The van der Waals surface area contributed by atoms with Crippen LogP contribution in [-0.4, -0.2) is 33.2 Å². The molecule has 2 atom stereocenters. The molecule has 6 nitrogen and oxygen atoms in total. The molecule has 0 saturated heterocycles. The van der Waals surface area contributed by atoms with Gasteiger partial charge in [0.05, 0.1) is 22.0 Å². The minimum absolute atomic E-state index is 0.224. The highest BCUT2D eigenvalue weighted by Gasteiger charge is 2.35. The fourth-order valence-corrected chi connectivity index (χ4v) is 6.47. The summed E-state index contributed by atoms with van der Waals surface area (Å²) in [7, 11) is 0. The monoisotopic (exact) mass is 495 g/mol.